The SMILES string of the molecule is CCCN(CC(=O)O)C1CCc2ccccc2C1. The fourth-order valence-electron chi connectivity index (χ4n) is 2.84. The Labute approximate surface area is 108 Å². The molecule has 3 heteroatoms. The van der Waals surface area contributed by atoms with Crippen molar-refractivity contribution in [1.82, 2.24) is 4.90 Å². The van der Waals surface area contributed by atoms with Gasteiger partial charge in [0, 0.05) is 6.04 Å². The quantitative estimate of drug-likeness (QED) is 0.868. The molecule has 0 radical (unpaired) electrons. The number of hydrogen-bond donors (Lipinski definition) is 1. The van der Waals surface area contributed by atoms with Gasteiger partial charge >= 0.3 is 5.97 Å². The first-order valence-electron chi connectivity index (χ1n) is 6.73. The van der Waals surface area contributed by atoms with Gasteiger partial charge in [-0.05, 0) is 43.4 Å². The molecule has 0 bridgehead atoms. The Kier molecular flexibility index (Phi) is 4.37. The molecule has 1 aliphatic carbocycles. The van der Waals surface area contributed by atoms with Gasteiger partial charge in [-0.2, -0.15) is 0 Å². The van der Waals surface area contributed by atoms with Crippen molar-refractivity contribution in [2.75, 3.05) is 13.1 Å². The van der Waals surface area contributed by atoms with Crippen LogP contribution < -0.4 is 0 Å². The molecule has 1 aliphatic rings. The number of fused-ring (bicyclic) bond motifs is 1. The van der Waals surface area contributed by atoms with E-state index in [0.29, 0.717) is 6.04 Å². The highest BCUT2D eigenvalue weighted by molar-refractivity contribution is 5.69. The van der Waals surface area contributed by atoms with Crippen molar-refractivity contribution in [3.63, 3.8) is 0 Å². The van der Waals surface area contributed by atoms with Gasteiger partial charge in [-0.15, -0.1) is 0 Å². The second kappa shape index (κ2) is 6.01. The average Bonchev–Trinajstić information content (AvgIpc) is 2.37. The molecule has 0 saturated carbocycles. The van der Waals surface area contributed by atoms with Crippen LogP contribution >= 0.6 is 0 Å². The normalized spacial score (nSPS) is 18.7. The minimum Gasteiger partial charge on any atom is -0.480 e. The number of nitrogens with zero attached hydrogens (tertiary/aromatic N) is 1. The molecule has 98 valence electrons. The molecule has 3 nitrogen and oxygen atoms in total. The van der Waals surface area contributed by atoms with Crippen LogP contribution in [0.4, 0.5) is 0 Å². The van der Waals surface area contributed by atoms with Gasteiger partial charge in [-0.1, -0.05) is 31.2 Å². The first kappa shape index (κ1) is 13.1. The molecule has 1 N–H and O–H groups in total. The van der Waals surface area contributed by atoms with E-state index in [1.165, 1.54) is 11.1 Å². The van der Waals surface area contributed by atoms with E-state index in [4.69, 9.17) is 5.11 Å². The lowest BCUT2D eigenvalue weighted by Gasteiger charge is -2.34. The largest absolute Gasteiger partial charge is 0.480 e. The van der Waals surface area contributed by atoms with Crippen LogP contribution in [0.5, 0.6) is 0 Å². The number of carboxylic acid groups (broad SMARTS) is 1. The Morgan fingerprint density at radius 1 is 1.39 bits per heavy atom. The molecule has 0 fully saturated rings. The van der Waals surface area contributed by atoms with Crippen LogP contribution in [0.15, 0.2) is 24.3 Å². The number of rotatable bonds is 5. The summed E-state index contributed by atoms with van der Waals surface area (Å²) < 4.78 is 0. The molecular weight excluding hydrogens is 226 g/mol. The molecule has 2 rings (SSSR count). The molecule has 1 atom stereocenters. The van der Waals surface area contributed by atoms with E-state index in [0.717, 1.165) is 32.2 Å². The minimum atomic E-state index is -0.720. The van der Waals surface area contributed by atoms with Gasteiger partial charge in [-0.3, -0.25) is 9.69 Å². The van der Waals surface area contributed by atoms with E-state index >= 15 is 0 Å². The lowest BCUT2D eigenvalue weighted by molar-refractivity contribution is -0.139. The van der Waals surface area contributed by atoms with Crippen molar-refractivity contribution in [3.8, 4) is 0 Å². The maximum absolute atomic E-state index is 10.9. The molecule has 1 aromatic rings. The maximum atomic E-state index is 10.9. The molecule has 0 heterocycles. The van der Waals surface area contributed by atoms with Crippen molar-refractivity contribution in [1.29, 1.82) is 0 Å². The smallest absolute Gasteiger partial charge is 0.317 e. The third-order valence-electron chi connectivity index (χ3n) is 3.69. The second-order valence-corrected chi connectivity index (χ2v) is 5.03. The lowest BCUT2D eigenvalue weighted by Crippen LogP contribution is -2.42. The summed E-state index contributed by atoms with van der Waals surface area (Å²) in [6, 6.07) is 8.90. The van der Waals surface area contributed by atoms with E-state index < -0.39 is 5.97 Å². The molecule has 0 amide bonds. The molecule has 0 spiro atoms. The summed E-state index contributed by atoms with van der Waals surface area (Å²) in [5.41, 5.74) is 2.82. The third-order valence-corrected chi connectivity index (χ3v) is 3.69. The van der Waals surface area contributed by atoms with Gasteiger partial charge < -0.3 is 5.11 Å². The first-order chi connectivity index (χ1) is 8.70. The summed E-state index contributed by atoms with van der Waals surface area (Å²) in [7, 11) is 0. The Balaban J connectivity index is 2.07. The van der Waals surface area contributed by atoms with Gasteiger partial charge in [-0.25, -0.2) is 0 Å². The minimum absolute atomic E-state index is 0.167. The second-order valence-electron chi connectivity index (χ2n) is 5.03. The Morgan fingerprint density at radius 3 is 2.78 bits per heavy atom. The zero-order valence-electron chi connectivity index (χ0n) is 10.9. The molecule has 18 heavy (non-hydrogen) atoms. The van der Waals surface area contributed by atoms with E-state index in [2.05, 4.69) is 36.1 Å². The van der Waals surface area contributed by atoms with Crippen LogP contribution in [0.25, 0.3) is 0 Å². The average molecular weight is 247 g/mol. The van der Waals surface area contributed by atoms with Crippen molar-refractivity contribution in [2.24, 2.45) is 0 Å². The van der Waals surface area contributed by atoms with Gasteiger partial charge in [0.15, 0.2) is 0 Å². The Bertz CT molecular complexity index is 417. The Hall–Kier alpha value is -1.35. The number of carboxylic acids is 1. The molecule has 0 aromatic heterocycles. The first-order valence-corrected chi connectivity index (χ1v) is 6.73. The fraction of sp³-hybridized carbons (Fsp3) is 0.533. The number of hydrogen-bond acceptors (Lipinski definition) is 2. The van der Waals surface area contributed by atoms with Crippen molar-refractivity contribution in [2.45, 2.75) is 38.6 Å². The highest BCUT2D eigenvalue weighted by Gasteiger charge is 2.24. The van der Waals surface area contributed by atoms with Gasteiger partial charge in [0.2, 0.25) is 0 Å². The van der Waals surface area contributed by atoms with E-state index in [-0.39, 0.29) is 6.54 Å². The topological polar surface area (TPSA) is 40.5 Å². The highest BCUT2D eigenvalue weighted by Crippen LogP contribution is 2.24. The lowest BCUT2D eigenvalue weighted by atomic mass is 9.87. The van der Waals surface area contributed by atoms with Gasteiger partial charge in [0.1, 0.15) is 0 Å². The summed E-state index contributed by atoms with van der Waals surface area (Å²) in [6.07, 6.45) is 4.14. The molecule has 1 aromatic carbocycles. The zero-order chi connectivity index (χ0) is 13.0. The molecule has 0 aliphatic heterocycles. The van der Waals surface area contributed by atoms with Crippen LogP contribution in [0.1, 0.15) is 30.9 Å². The van der Waals surface area contributed by atoms with Crippen LogP contribution in [0, 0.1) is 0 Å². The summed E-state index contributed by atoms with van der Waals surface area (Å²) >= 11 is 0. The van der Waals surface area contributed by atoms with Crippen LogP contribution in [-0.4, -0.2) is 35.1 Å². The summed E-state index contributed by atoms with van der Waals surface area (Å²) in [5, 5.41) is 8.99. The van der Waals surface area contributed by atoms with Crippen molar-refractivity contribution in [3.05, 3.63) is 35.4 Å². The molecule has 0 saturated heterocycles. The number of aryl methyl sites for hydroxylation is 1. The Morgan fingerprint density at radius 2 is 2.11 bits per heavy atom. The van der Waals surface area contributed by atoms with Gasteiger partial charge in [0.25, 0.3) is 0 Å². The summed E-state index contributed by atoms with van der Waals surface area (Å²) in [4.78, 5) is 13.1. The summed E-state index contributed by atoms with van der Waals surface area (Å²) in [6.45, 7) is 3.14. The van der Waals surface area contributed by atoms with Crippen LogP contribution in [0.3, 0.4) is 0 Å². The van der Waals surface area contributed by atoms with Crippen LogP contribution in [0.2, 0.25) is 0 Å². The highest BCUT2D eigenvalue weighted by atomic mass is 16.4. The third kappa shape index (κ3) is 3.10. The summed E-state index contributed by atoms with van der Waals surface area (Å²) in [5.74, 6) is -0.720. The number of aliphatic carboxylic acids is 1. The predicted octanol–water partition coefficient (Wildman–Crippen LogP) is 2.34. The standard InChI is InChI=1S/C15H21NO2/c1-2-9-16(11-15(17)18)14-8-7-12-5-3-4-6-13(12)10-14/h3-6,14H,2,7-11H2,1H3,(H,17,18). The van der Waals surface area contributed by atoms with Crippen molar-refractivity contribution < 1.29 is 9.90 Å². The zero-order valence-corrected chi connectivity index (χ0v) is 10.9. The van der Waals surface area contributed by atoms with E-state index in [9.17, 15) is 4.79 Å². The number of carbonyl (C=O) groups is 1. The fourth-order valence-corrected chi connectivity index (χ4v) is 2.84. The molecule has 1 unspecified atom stereocenters. The van der Waals surface area contributed by atoms with E-state index in [1.807, 2.05) is 0 Å². The predicted molar refractivity (Wildman–Crippen MR) is 71.8 cm³/mol. The van der Waals surface area contributed by atoms with Gasteiger partial charge in [0.05, 0.1) is 6.54 Å². The van der Waals surface area contributed by atoms with Crippen molar-refractivity contribution >= 4 is 5.97 Å². The maximum Gasteiger partial charge on any atom is 0.317 e. The van der Waals surface area contributed by atoms with Crippen LogP contribution in [-0.2, 0) is 17.6 Å². The monoisotopic (exact) mass is 247 g/mol. The molecular formula is C15H21NO2. The van der Waals surface area contributed by atoms with E-state index in [1.54, 1.807) is 0 Å². The number of benzene rings is 1.